The zero-order valence-corrected chi connectivity index (χ0v) is 15.7. The third-order valence-electron chi connectivity index (χ3n) is 4.53. The van der Waals surface area contributed by atoms with Gasteiger partial charge in [0, 0.05) is 32.7 Å². The van der Waals surface area contributed by atoms with Crippen LogP contribution in [0.25, 0.3) is 0 Å². The maximum absolute atomic E-state index is 10.3. The molecule has 0 unspecified atom stereocenters. The minimum Gasteiger partial charge on any atom is -0.493 e. The van der Waals surface area contributed by atoms with Gasteiger partial charge in [0.05, 0.1) is 17.8 Å². The van der Waals surface area contributed by atoms with E-state index in [2.05, 4.69) is 9.80 Å². The van der Waals surface area contributed by atoms with E-state index >= 15 is 0 Å². The third kappa shape index (κ3) is 4.81. The summed E-state index contributed by atoms with van der Waals surface area (Å²) in [6.45, 7) is 4.39. The number of ether oxygens (including phenoxy) is 2. The number of hydrogen-bond acceptors (Lipinski definition) is 5. The predicted octanol–water partition coefficient (Wildman–Crippen LogP) is 2.91. The summed E-state index contributed by atoms with van der Waals surface area (Å²) in [7, 11) is 1.61. The molecule has 1 N–H and O–H groups in total. The van der Waals surface area contributed by atoms with E-state index in [0.717, 1.165) is 36.9 Å². The smallest absolute Gasteiger partial charge is 0.161 e. The largest absolute Gasteiger partial charge is 0.493 e. The molecule has 1 atom stereocenters. The Bertz CT molecular complexity index is 705. The van der Waals surface area contributed by atoms with Crippen LogP contribution in [-0.2, 0) is 0 Å². The highest BCUT2D eigenvalue weighted by Gasteiger charge is 2.21. The molecule has 1 fully saturated rings. The second kappa shape index (κ2) is 9.12. The lowest BCUT2D eigenvalue weighted by Crippen LogP contribution is -2.49. The van der Waals surface area contributed by atoms with E-state index in [1.54, 1.807) is 7.11 Å². The van der Waals surface area contributed by atoms with Crippen molar-refractivity contribution >= 4 is 17.3 Å². The summed E-state index contributed by atoms with van der Waals surface area (Å²) in [5.74, 6) is 1.32. The van der Waals surface area contributed by atoms with Crippen molar-refractivity contribution in [3.05, 3.63) is 53.6 Å². The molecule has 1 aliphatic rings. The van der Waals surface area contributed by atoms with E-state index in [-0.39, 0.29) is 6.61 Å². The van der Waals surface area contributed by atoms with Crippen LogP contribution in [0.3, 0.4) is 0 Å². The van der Waals surface area contributed by atoms with Gasteiger partial charge in [-0.05, 0) is 24.3 Å². The summed E-state index contributed by atoms with van der Waals surface area (Å²) < 4.78 is 11.0. The van der Waals surface area contributed by atoms with Gasteiger partial charge >= 0.3 is 0 Å². The van der Waals surface area contributed by atoms with Crippen molar-refractivity contribution in [1.82, 2.24) is 4.90 Å². The number of piperazine rings is 1. The fourth-order valence-corrected chi connectivity index (χ4v) is 3.41. The first kappa shape index (κ1) is 18.8. The minimum atomic E-state index is -0.549. The van der Waals surface area contributed by atoms with Crippen LogP contribution >= 0.6 is 11.6 Å². The van der Waals surface area contributed by atoms with Crippen LogP contribution in [0.4, 0.5) is 5.69 Å². The van der Waals surface area contributed by atoms with Gasteiger partial charge in [-0.15, -0.1) is 0 Å². The van der Waals surface area contributed by atoms with Crippen molar-refractivity contribution in [3.8, 4) is 11.5 Å². The van der Waals surface area contributed by atoms with Crippen molar-refractivity contribution < 1.29 is 14.6 Å². The Hall–Kier alpha value is -1.95. The molecule has 0 bridgehead atoms. The topological polar surface area (TPSA) is 45.2 Å². The second-order valence-electron chi connectivity index (χ2n) is 6.35. The van der Waals surface area contributed by atoms with Gasteiger partial charge < -0.3 is 19.5 Å². The molecule has 1 saturated heterocycles. The molecule has 0 aliphatic carbocycles. The predicted molar refractivity (Wildman–Crippen MR) is 105 cm³/mol. The quantitative estimate of drug-likeness (QED) is 0.805. The Morgan fingerprint density at radius 3 is 2.35 bits per heavy atom. The lowest BCUT2D eigenvalue weighted by atomic mass is 10.2. The van der Waals surface area contributed by atoms with Crippen LogP contribution in [-0.4, -0.2) is 62.6 Å². The number of methoxy groups -OCH3 is 1. The molecule has 26 heavy (non-hydrogen) atoms. The molecule has 2 aromatic carbocycles. The number of halogens is 1. The monoisotopic (exact) mass is 376 g/mol. The highest BCUT2D eigenvalue weighted by Crippen LogP contribution is 2.27. The first-order valence-corrected chi connectivity index (χ1v) is 9.21. The highest BCUT2D eigenvalue weighted by molar-refractivity contribution is 6.33. The van der Waals surface area contributed by atoms with Crippen molar-refractivity contribution in [2.24, 2.45) is 0 Å². The third-order valence-corrected chi connectivity index (χ3v) is 4.85. The number of hydrogen-bond donors (Lipinski definition) is 1. The first-order valence-electron chi connectivity index (χ1n) is 8.83. The van der Waals surface area contributed by atoms with Gasteiger partial charge in [-0.2, -0.15) is 0 Å². The minimum absolute atomic E-state index is 0.241. The van der Waals surface area contributed by atoms with Gasteiger partial charge in [-0.25, -0.2) is 0 Å². The lowest BCUT2D eigenvalue weighted by Gasteiger charge is -2.37. The average Bonchev–Trinajstić information content (AvgIpc) is 2.68. The van der Waals surface area contributed by atoms with Crippen molar-refractivity contribution in [2.75, 3.05) is 51.3 Å². The van der Waals surface area contributed by atoms with Crippen LogP contribution in [0.1, 0.15) is 0 Å². The normalized spacial score (nSPS) is 16.3. The summed E-state index contributed by atoms with van der Waals surface area (Å²) in [6, 6.07) is 15.4. The molecule has 0 amide bonds. The zero-order valence-electron chi connectivity index (χ0n) is 15.0. The molecule has 0 saturated carbocycles. The van der Waals surface area contributed by atoms with Crippen LogP contribution < -0.4 is 14.4 Å². The summed E-state index contributed by atoms with van der Waals surface area (Å²) in [5.41, 5.74) is 1.08. The number of β-amino-alcohol motifs (C(OH)–C–C–N with tert-alkyl or cyclic N) is 1. The van der Waals surface area contributed by atoms with Crippen LogP contribution in [0, 0.1) is 0 Å². The first-order chi connectivity index (χ1) is 12.7. The zero-order chi connectivity index (χ0) is 18.4. The Morgan fingerprint density at radius 2 is 1.65 bits per heavy atom. The summed E-state index contributed by atoms with van der Waals surface area (Å²) in [5, 5.41) is 11.1. The van der Waals surface area contributed by atoms with Gasteiger partial charge in [0.25, 0.3) is 0 Å². The van der Waals surface area contributed by atoms with E-state index in [0.29, 0.717) is 18.0 Å². The highest BCUT2D eigenvalue weighted by atomic mass is 35.5. The SMILES string of the molecule is COc1ccccc1OC[C@@H](O)CN1CCN(c2ccccc2Cl)CC1. The number of benzene rings is 2. The fraction of sp³-hybridized carbons (Fsp3) is 0.400. The Morgan fingerprint density at radius 1 is 1.00 bits per heavy atom. The van der Waals surface area contributed by atoms with Gasteiger partial charge in [-0.1, -0.05) is 35.9 Å². The Kier molecular flexibility index (Phi) is 6.61. The molecule has 1 aliphatic heterocycles. The molecule has 0 spiro atoms. The standard InChI is InChI=1S/C20H25ClN2O3/c1-25-19-8-4-5-9-20(19)26-15-16(24)14-22-10-12-23(13-11-22)18-7-3-2-6-17(18)21/h2-9,16,24H,10-15H2,1H3/t16-/m0/s1. The molecule has 6 heteroatoms. The summed E-state index contributed by atoms with van der Waals surface area (Å²) >= 11 is 6.28. The van der Waals surface area contributed by atoms with Crippen molar-refractivity contribution in [3.63, 3.8) is 0 Å². The molecule has 5 nitrogen and oxygen atoms in total. The Labute approximate surface area is 159 Å². The summed E-state index contributed by atoms with van der Waals surface area (Å²) in [6.07, 6.45) is -0.549. The van der Waals surface area contributed by atoms with Crippen molar-refractivity contribution in [1.29, 1.82) is 0 Å². The van der Waals surface area contributed by atoms with Gasteiger partial charge in [0.15, 0.2) is 11.5 Å². The molecule has 140 valence electrons. The lowest BCUT2D eigenvalue weighted by molar-refractivity contribution is 0.0653. The van der Waals surface area contributed by atoms with Crippen LogP contribution in [0.15, 0.2) is 48.5 Å². The maximum atomic E-state index is 10.3. The average molecular weight is 377 g/mol. The van der Waals surface area contributed by atoms with Crippen molar-refractivity contribution in [2.45, 2.75) is 6.10 Å². The van der Waals surface area contributed by atoms with Crippen LogP contribution in [0.2, 0.25) is 5.02 Å². The molecule has 0 aromatic heterocycles. The van der Waals surface area contributed by atoms with Gasteiger partial charge in [-0.3, -0.25) is 4.90 Å². The van der Waals surface area contributed by atoms with Gasteiger partial charge in [0.1, 0.15) is 12.7 Å². The van der Waals surface area contributed by atoms with E-state index < -0.39 is 6.10 Å². The second-order valence-corrected chi connectivity index (χ2v) is 6.76. The Balaban J connectivity index is 1.45. The number of para-hydroxylation sites is 3. The number of aliphatic hydroxyl groups is 1. The molecular weight excluding hydrogens is 352 g/mol. The van der Waals surface area contributed by atoms with E-state index in [1.165, 1.54) is 0 Å². The van der Waals surface area contributed by atoms with Gasteiger partial charge in [0.2, 0.25) is 0 Å². The molecule has 1 heterocycles. The number of rotatable bonds is 7. The molecular formula is C20H25ClN2O3. The van der Waals surface area contributed by atoms with E-state index in [9.17, 15) is 5.11 Å². The maximum Gasteiger partial charge on any atom is 0.161 e. The molecule has 2 aromatic rings. The van der Waals surface area contributed by atoms with E-state index in [1.807, 2.05) is 48.5 Å². The number of anilines is 1. The number of aliphatic hydroxyl groups excluding tert-OH is 1. The summed E-state index contributed by atoms with van der Waals surface area (Å²) in [4.78, 5) is 4.54. The molecule has 0 radical (unpaired) electrons. The molecule has 3 rings (SSSR count). The number of nitrogens with zero attached hydrogens (tertiary/aromatic N) is 2. The fourth-order valence-electron chi connectivity index (χ4n) is 3.15. The van der Waals surface area contributed by atoms with E-state index in [4.69, 9.17) is 21.1 Å². The van der Waals surface area contributed by atoms with Crippen LogP contribution in [0.5, 0.6) is 11.5 Å².